The van der Waals surface area contributed by atoms with E-state index in [1.54, 1.807) is 0 Å². The SMILES string of the molecule is CCCc1nc(NC)c(C)c(C2CC2)n1. The van der Waals surface area contributed by atoms with E-state index in [4.69, 9.17) is 0 Å². The van der Waals surface area contributed by atoms with Crippen molar-refractivity contribution < 1.29 is 0 Å². The minimum Gasteiger partial charge on any atom is -0.373 e. The van der Waals surface area contributed by atoms with E-state index in [9.17, 15) is 0 Å². The van der Waals surface area contributed by atoms with Crippen LogP contribution in [0.4, 0.5) is 5.82 Å². The first-order valence-electron chi connectivity index (χ1n) is 5.81. The highest BCUT2D eigenvalue weighted by Crippen LogP contribution is 2.41. The molecule has 82 valence electrons. The Morgan fingerprint density at radius 3 is 2.60 bits per heavy atom. The molecule has 0 amide bonds. The van der Waals surface area contributed by atoms with Crippen LogP contribution in [0.5, 0.6) is 0 Å². The third-order valence-electron chi connectivity index (χ3n) is 2.90. The smallest absolute Gasteiger partial charge is 0.132 e. The largest absolute Gasteiger partial charge is 0.373 e. The summed E-state index contributed by atoms with van der Waals surface area (Å²) in [4.78, 5) is 9.21. The molecule has 0 bridgehead atoms. The van der Waals surface area contributed by atoms with Crippen molar-refractivity contribution in [2.75, 3.05) is 12.4 Å². The number of hydrogen-bond donors (Lipinski definition) is 1. The van der Waals surface area contributed by atoms with Crippen molar-refractivity contribution in [1.82, 2.24) is 9.97 Å². The summed E-state index contributed by atoms with van der Waals surface area (Å²) in [7, 11) is 1.93. The van der Waals surface area contributed by atoms with Gasteiger partial charge in [-0.05, 0) is 26.2 Å². The van der Waals surface area contributed by atoms with Gasteiger partial charge < -0.3 is 5.32 Å². The molecule has 3 nitrogen and oxygen atoms in total. The molecule has 15 heavy (non-hydrogen) atoms. The Morgan fingerprint density at radius 2 is 2.07 bits per heavy atom. The van der Waals surface area contributed by atoms with Crippen LogP contribution in [0.2, 0.25) is 0 Å². The van der Waals surface area contributed by atoms with Crippen molar-refractivity contribution in [2.45, 2.75) is 45.4 Å². The lowest BCUT2D eigenvalue weighted by molar-refractivity contribution is 0.806. The maximum atomic E-state index is 4.68. The third-order valence-corrected chi connectivity index (χ3v) is 2.90. The highest BCUT2D eigenvalue weighted by molar-refractivity contribution is 5.47. The van der Waals surface area contributed by atoms with Gasteiger partial charge in [-0.3, -0.25) is 0 Å². The first-order valence-corrected chi connectivity index (χ1v) is 5.81. The van der Waals surface area contributed by atoms with E-state index >= 15 is 0 Å². The minimum atomic E-state index is 0.704. The number of aryl methyl sites for hydroxylation is 1. The Morgan fingerprint density at radius 1 is 1.33 bits per heavy atom. The second-order valence-electron chi connectivity index (χ2n) is 4.27. The molecule has 0 atom stereocenters. The molecule has 1 heterocycles. The van der Waals surface area contributed by atoms with E-state index in [0.717, 1.165) is 24.5 Å². The van der Waals surface area contributed by atoms with E-state index in [0.29, 0.717) is 5.92 Å². The molecule has 1 aliphatic carbocycles. The van der Waals surface area contributed by atoms with Crippen LogP contribution < -0.4 is 5.32 Å². The Bertz CT molecular complexity index is 356. The Balaban J connectivity index is 2.38. The molecule has 1 aromatic rings. The fourth-order valence-corrected chi connectivity index (χ4v) is 1.92. The normalized spacial score (nSPS) is 15.4. The van der Waals surface area contributed by atoms with Crippen LogP contribution in [0.3, 0.4) is 0 Å². The molecule has 1 saturated carbocycles. The lowest BCUT2D eigenvalue weighted by atomic mass is 10.1. The number of aromatic nitrogens is 2. The lowest BCUT2D eigenvalue weighted by Crippen LogP contribution is -2.06. The van der Waals surface area contributed by atoms with E-state index in [1.165, 1.54) is 24.1 Å². The van der Waals surface area contributed by atoms with Crippen LogP contribution >= 0.6 is 0 Å². The van der Waals surface area contributed by atoms with Crippen LogP contribution in [0.15, 0.2) is 0 Å². The van der Waals surface area contributed by atoms with Crippen molar-refractivity contribution >= 4 is 5.82 Å². The van der Waals surface area contributed by atoms with Gasteiger partial charge in [0.2, 0.25) is 0 Å². The second kappa shape index (κ2) is 4.17. The maximum absolute atomic E-state index is 4.68. The summed E-state index contributed by atoms with van der Waals surface area (Å²) >= 11 is 0. The quantitative estimate of drug-likeness (QED) is 0.821. The van der Waals surface area contributed by atoms with Gasteiger partial charge >= 0.3 is 0 Å². The van der Waals surface area contributed by atoms with E-state index < -0.39 is 0 Å². The van der Waals surface area contributed by atoms with Crippen LogP contribution in [-0.2, 0) is 6.42 Å². The Kier molecular flexibility index (Phi) is 2.89. The molecule has 0 saturated heterocycles. The van der Waals surface area contributed by atoms with Crippen molar-refractivity contribution in [3.63, 3.8) is 0 Å². The first kappa shape index (κ1) is 10.4. The van der Waals surface area contributed by atoms with E-state index in [-0.39, 0.29) is 0 Å². The second-order valence-corrected chi connectivity index (χ2v) is 4.27. The highest BCUT2D eigenvalue weighted by atomic mass is 15.0. The molecule has 0 aromatic carbocycles. The van der Waals surface area contributed by atoms with E-state index in [2.05, 4.69) is 29.1 Å². The predicted molar refractivity (Wildman–Crippen MR) is 62.3 cm³/mol. The molecule has 1 fully saturated rings. The van der Waals surface area contributed by atoms with Gasteiger partial charge in [-0.25, -0.2) is 9.97 Å². The molecule has 1 N–H and O–H groups in total. The molecular weight excluding hydrogens is 186 g/mol. The van der Waals surface area contributed by atoms with Gasteiger partial charge in [0, 0.05) is 24.9 Å². The maximum Gasteiger partial charge on any atom is 0.132 e. The van der Waals surface area contributed by atoms with E-state index in [1.807, 2.05) is 7.05 Å². The molecule has 0 radical (unpaired) electrons. The average molecular weight is 205 g/mol. The minimum absolute atomic E-state index is 0.704. The van der Waals surface area contributed by atoms with Gasteiger partial charge in [-0.15, -0.1) is 0 Å². The van der Waals surface area contributed by atoms with Crippen LogP contribution in [0.25, 0.3) is 0 Å². The van der Waals surface area contributed by atoms with Gasteiger partial charge in [0.25, 0.3) is 0 Å². The fourth-order valence-electron chi connectivity index (χ4n) is 1.92. The number of nitrogens with one attached hydrogen (secondary N) is 1. The van der Waals surface area contributed by atoms with Gasteiger partial charge in [0.15, 0.2) is 0 Å². The van der Waals surface area contributed by atoms with Crippen molar-refractivity contribution in [2.24, 2.45) is 0 Å². The van der Waals surface area contributed by atoms with Crippen LogP contribution in [0.1, 0.15) is 49.2 Å². The van der Waals surface area contributed by atoms with Gasteiger partial charge in [0.05, 0.1) is 5.69 Å². The number of nitrogens with zero attached hydrogens (tertiary/aromatic N) is 2. The van der Waals surface area contributed by atoms with Crippen LogP contribution in [0, 0.1) is 6.92 Å². The zero-order valence-electron chi connectivity index (χ0n) is 9.80. The van der Waals surface area contributed by atoms with Crippen molar-refractivity contribution in [1.29, 1.82) is 0 Å². The van der Waals surface area contributed by atoms with Gasteiger partial charge in [0.1, 0.15) is 11.6 Å². The molecule has 0 spiro atoms. The summed E-state index contributed by atoms with van der Waals surface area (Å²) in [5.41, 5.74) is 2.51. The number of hydrogen-bond acceptors (Lipinski definition) is 3. The molecule has 0 unspecified atom stereocenters. The molecule has 2 rings (SSSR count). The third kappa shape index (κ3) is 2.11. The topological polar surface area (TPSA) is 37.8 Å². The number of rotatable bonds is 4. The summed E-state index contributed by atoms with van der Waals surface area (Å²) in [6.45, 7) is 4.29. The average Bonchev–Trinajstić information content (AvgIpc) is 3.04. The lowest BCUT2D eigenvalue weighted by Gasteiger charge is -2.11. The highest BCUT2D eigenvalue weighted by Gasteiger charge is 2.28. The molecule has 3 heteroatoms. The van der Waals surface area contributed by atoms with Gasteiger partial charge in [-0.2, -0.15) is 0 Å². The standard InChI is InChI=1S/C12H19N3/c1-4-5-10-14-11(9-6-7-9)8(2)12(13-3)15-10/h9H,4-7H2,1-3H3,(H,13,14,15). The number of anilines is 1. The summed E-state index contributed by atoms with van der Waals surface area (Å²) < 4.78 is 0. The summed E-state index contributed by atoms with van der Waals surface area (Å²) in [6.07, 6.45) is 4.68. The Labute approximate surface area is 91.3 Å². The van der Waals surface area contributed by atoms with Crippen LogP contribution in [-0.4, -0.2) is 17.0 Å². The zero-order valence-corrected chi connectivity index (χ0v) is 9.80. The van der Waals surface area contributed by atoms with Crippen molar-refractivity contribution in [3.05, 3.63) is 17.1 Å². The first-order chi connectivity index (χ1) is 7.26. The summed E-state index contributed by atoms with van der Waals surface area (Å²) in [5.74, 6) is 2.71. The molecular formula is C12H19N3. The Hall–Kier alpha value is -1.12. The summed E-state index contributed by atoms with van der Waals surface area (Å²) in [6, 6.07) is 0. The molecule has 1 aromatic heterocycles. The van der Waals surface area contributed by atoms with Crippen molar-refractivity contribution in [3.8, 4) is 0 Å². The molecule has 0 aliphatic heterocycles. The fraction of sp³-hybridized carbons (Fsp3) is 0.667. The summed E-state index contributed by atoms with van der Waals surface area (Å²) in [5, 5.41) is 3.17. The monoisotopic (exact) mass is 205 g/mol. The zero-order chi connectivity index (χ0) is 10.8. The predicted octanol–water partition coefficient (Wildman–Crippen LogP) is 2.66. The molecule has 1 aliphatic rings. The van der Waals surface area contributed by atoms with Gasteiger partial charge in [-0.1, -0.05) is 6.92 Å².